The van der Waals surface area contributed by atoms with Crippen LogP contribution in [0.25, 0.3) is 0 Å². The molecule has 0 aliphatic carbocycles. The smallest absolute Gasteiger partial charge is 0.254 e. The minimum absolute atomic E-state index is 0.0249. The maximum absolute atomic E-state index is 15.6. The molecule has 31 heavy (non-hydrogen) atoms. The first kappa shape index (κ1) is 22.3. The third-order valence-electron chi connectivity index (χ3n) is 5.49. The van der Waals surface area contributed by atoms with Crippen molar-refractivity contribution < 1.29 is 14.0 Å². The van der Waals surface area contributed by atoms with Crippen molar-refractivity contribution in [1.82, 2.24) is 14.7 Å². The van der Waals surface area contributed by atoms with E-state index in [1.807, 2.05) is 17.0 Å². The molecule has 0 spiro atoms. The molecule has 0 bridgehead atoms. The number of alkyl halides is 1. The topological polar surface area (TPSA) is 117 Å². The molecule has 2 atom stereocenters. The summed E-state index contributed by atoms with van der Waals surface area (Å²) in [6.07, 6.45) is 5.62. The minimum Gasteiger partial charge on any atom is -0.365 e. The number of benzene rings is 1. The molecular weight excluding hydrogens is 423 g/mol. The number of likely N-dealkylation sites (tertiary alicyclic amines) is 1. The summed E-state index contributed by atoms with van der Waals surface area (Å²) in [5.74, 6) is 1.62. The number of piperidine rings is 1. The van der Waals surface area contributed by atoms with Crippen LogP contribution in [0.2, 0.25) is 5.02 Å². The summed E-state index contributed by atoms with van der Waals surface area (Å²) < 4.78 is 16.8. The van der Waals surface area contributed by atoms with Crippen LogP contribution in [0, 0.1) is 23.7 Å². The molecule has 3 N–H and O–H groups in total. The number of aromatic nitrogens is 2. The quantitative estimate of drug-likeness (QED) is 0.502. The Morgan fingerprint density at radius 1 is 1.55 bits per heavy atom. The number of hydrogen-bond donors (Lipinski definition) is 2. The van der Waals surface area contributed by atoms with E-state index < -0.39 is 17.6 Å². The van der Waals surface area contributed by atoms with Gasteiger partial charge in [-0.25, -0.2) is 4.39 Å². The van der Waals surface area contributed by atoms with Gasteiger partial charge in [-0.2, -0.15) is 10.4 Å². The zero-order valence-electron chi connectivity index (χ0n) is 16.5. The number of carbonyl (C=O) groups is 2. The van der Waals surface area contributed by atoms with Gasteiger partial charge in [0.05, 0.1) is 12.5 Å². The molecule has 2 amide bonds. The van der Waals surface area contributed by atoms with Gasteiger partial charge in [-0.3, -0.25) is 19.2 Å². The SMILES string of the molecule is C#Cc1ccc(CN2CCC(CC#N)(n3cc(C(N)=O)c(NC=O)n3)C(F)C2)c(Cl)c1. The summed E-state index contributed by atoms with van der Waals surface area (Å²) in [5.41, 5.74) is 5.46. The fourth-order valence-corrected chi connectivity index (χ4v) is 4.01. The Morgan fingerprint density at radius 2 is 2.32 bits per heavy atom. The number of hydrogen-bond acceptors (Lipinski definition) is 5. The Bertz CT molecular complexity index is 1090. The van der Waals surface area contributed by atoms with Crippen LogP contribution in [0.15, 0.2) is 24.4 Å². The highest BCUT2D eigenvalue weighted by Gasteiger charge is 2.46. The van der Waals surface area contributed by atoms with Crippen LogP contribution in [-0.2, 0) is 16.9 Å². The third-order valence-corrected chi connectivity index (χ3v) is 5.84. The Hall–Kier alpha value is -3.40. The fraction of sp³-hybridized carbons (Fsp3) is 0.333. The highest BCUT2D eigenvalue weighted by molar-refractivity contribution is 6.31. The maximum atomic E-state index is 15.6. The van der Waals surface area contributed by atoms with E-state index >= 15 is 4.39 Å². The Kier molecular flexibility index (Phi) is 6.59. The van der Waals surface area contributed by atoms with Crippen molar-refractivity contribution in [2.75, 3.05) is 18.4 Å². The van der Waals surface area contributed by atoms with Gasteiger partial charge in [0, 0.05) is 36.4 Å². The van der Waals surface area contributed by atoms with Crippen molar-refractivity contribution in [3.63, 3.8) is 0 Å². The molecule has 1 fully saturated rings. The number of anilines is 1. The van der Waals surface area contributed by atoms with Crippen LogP contribution >= 0.6 is 11.6 Å². The highest BCUT2D eigenvalue weighted by atomic mass is 35.5. The molecule has 1 saturated heterocycles. The zero-order chi connectivity index (χ0) is 22.6. The number of nitriles is 1. The lowest BCUT2D eigenvalue weighted by Gasteiger charge is -2.43. The average Bonchev–Trinajstić information content (AvgIpc) is 3.16. The molecule has 2 aromatic rings. The molecule has 2 heterocycles. The van der Waals surface area contributed by atoms with E-state index in [-0.39, 0.29) is 30.8 Å². The standard InChI is InChI=1S/C21H20ClFN6O2/c1-2-14-3-4-15(17(22)9-14)10-28-8-6-21(5-7-24,18(23)12-28)29-11-16(19(25)31)20(27-29)26-13-30/h1,3-4,9,11,13,18H,5-6,8,10,12H2,(H2,25,31)(H,26,27,30). The molecule has 1 aliphatic rings. The van der Waals surface area contributed by atoms with Crippen LogP contribution in [0.5, 0.6) is 0 Å². The van der Waals surface area contributed by atoms with E-state index in [4.69, 9.17) is 23.8 Å². The lowest BCUT2D eigenvalue weighted by atomic mass is 9.83. The van der Waals surface area contributed by atoms with Crippen molar-refractivity contribution in [2.45, 2.75) is 31.1 Å². The van der Waals surface area contributed by atoms with Gasteiger partial charge in [-0.05, 0) is 24.1 Å². The molecule has 0 radical (unpaired) electrons. The van der Waals surface area contributed by atoms with Crippen LogP contribution in [0.3, 0.4) is 0 Å². The zero-order valence-corrected chi connectivity index (χ0v) is 17.3. The van der Waals surface area contributed by atoms with Gasteiger partial charge >= 0.3 is 0 Å². The summed E-state index contributed by atoms with van der Waals surface area (Å²) in [4.78, 5) is 24.4. The first-order valence-corrected chi connectivity index (χ1v) is 9.81. The molecule has 1 aliphatic heterocycles. The number of amides is 2. The highest BCUT2D eigenvalue weighted by Crippen LogP contribution is 2.37. The predicted octanol–water partition coefficient (Wildman–Crippen LogP) is 2.04. The molecule has 8 nitrogen and oxygen atoms in total. The number of carbonyl (C=O) groups excluding carboxylic acids is 2. The molecular formula is C21H20ClFN6O2. The number of halogens is 2. The summed E-state index contributed by atoms with van der Waals surface area (Å²) in [6, 6.07) is 7.29. The molecule has 0 saturated carbocycles. The first-order chi connectivity index (χ1) is 14.8. The number of nitrogens with one attached hydrogen (secondary N) is 1. The number of rotatable bonds is 7. The van der Waals surface area contributed by atoms with Crippen molar-refractivity contribution in [2.24, 2.45) is 5.73 Å². The molecule has 1 aromatic heterocycles. The number of nitrogens with zero attached hydrogens (tertiary/aromatic N) is 4. The van der Waals surface area contributed by atoms with E-state index in [0.717, 1.165) is 5.56 Å². The second kappa shape index (κ2) is 9.17. The van der Waals surface area contributed by atoms with Crippen molar-refractivity contribution >= 4 is 29.7 Å². The normalized spacial score (nSPS) is 21.1. The molecule has 160 valence electrons. The Labute approximate surface area is 183 Å². The maximum Gasteiger partial charge on any atom is 0.254 e. The lowest BCUT2D eigenvalue weighted by Crippen LogP contribution is -2.54. The second-order valence-corrected chi connectivity index (χ2v) is 7.71. The average molecular weight is 443 g/mol. The summed E-state index contributed by atoms with van der Waals surface area (Å²) in [6.45, 7) is 0.894. The van der Waals surface area contributed by atoms with Crippen LogP contribution in [-0.4, -0.2) is 46.3 Å². The molecule has 1 aromatic carbocycles. The Balaban J connectivity index is 1.86. The largest absolute Gasteiger partial charge is 0.365 e. The third kappa shape index (κ3) is 4.38. The molecule has 3 rings (SSSR count). The fourth-order valence-electron chi connectivity index (χ4n) is 3.77. The minimum atomic E-state index is -1.48. The molecule has 10 heteroatoms. The van der Waals surface area contributed by atoms with Gasteiger partial charge in [0.25, 0.3) is 5.91 Å². The van der Waals surface area contributed by atoms with Gasteiger partial charge in [0.15, 0.2) is 5.82 Å². The van der Waals surface area contributed by atoms with Gasteiger partial charge in [-0.1, -0.05) is 23.6 Å². The van der Waals surface area contributed by atoms with Gasteiger partial charge < -0.3 is 11.1 Å². The number of terminal acetylenes is 1. The van der Waals surface area contributed by atoms with Crippen LogP contribution in [0.4, 0.5) is 10.2 Å². The Morgan fingerprint density at radius 3 is 2.90 bits per heavy atom. The van der Waals surface area contributed by atoms with E-state index in [2.05, 4.69) is 16.3 Å². The van der Waals surface area contributed by atoms with Crippen molar-refractivity contribution in [3.8, 4) is 18.4 Å². The second-order valence-electron chi connectivity index (χ2n) is 7.30. The van der Waals surface area contributed by atoms with E-state index in [1.165, 1.54) is 10.9 Å². The summed E-state index contributed by atoms with van der Waals surface area (Å²) in [5, 5.41) is 16.3. The number of nitrogens with two attached hydrogens (primary N) is 1. The van der Waals surface area contributed by atoms with Crippen LogP contribution in [0.1, 0.15) is 34.3 Å². The summed E-state index contributed by atoms with van der Waals surface area (Å²) >= 11 is 6.29. The van der Waals surface area contributed by atoms with Crippen LogP contribution < -0.4 is 11.1 Å². The predicted molar refractivity (Wildman–Crippen MR) is 113 cm³/mol. The lowest BCUT2D eigenvalue weighted by molar-refractivity contribution is -0.105. The summed E-state index contributed by atoms with van der Waals surface area (Å²) in [7, 11) is 0. The van der Waals surface area contributed by atoms with Gasteiger partial charge in [0.1, 0.15) is 17.3 Å². The molecule has 2 unspecified atom stereocenters. The van der Waals surface area contributed by atoms with E-state index in [0.29, 0.717) is 30.1 Å². The van der Waals surface area contributed by atoms with E-state index in [9.17, 15) is 14.9 Å². The first-order valence-electron chi connectivity index (χ1n) is 9.43. The van der Waals surface area contributed by atoms with Gasteiger partial charge in [-0.15, -0.1) is 6.42 Å². The monoisotopic (exact) mass is 442 g/mol. The van der Waals surface area contributed by atoms with Gasteiger partial charge in [0.2, 0.25) is 6.41 Å². The number of primary amides is 1. The van der Waals surface area contributed by atoms with E-state index in [1.54, 1.807) is 12.1 Å². The van der Waals surface area contributed by atoms with Crippen molar-refractivity contribution in [1.29, 1.82) is 5.26 Å². The van der Waals surface area contributed by atoms with Crippen molar-refractivity contribution in [3.05, 3.63) is 46.1 Å².